The number of carbonyl (C=O) groups is 3. The van der Waals surface area contributed by atoms with E-state index in [0.29, 0.717) is 19.4 Å². The number of carbonyl (C=O) groups excluding carboxylic acids is 3. The Kier molecular flexibility index (Phi) is 7.47. The molecule has 0 radical (unpaired) electrons. The molecule has 0 bridgehead atoms. The Morgan fingerprint density at radius 1 is 1.17 bits per heavy atom. The summed E-state index contributed by atoms with van der Waals surface area (Å²) >= 11 is 0. The maximum Gasteiger partial charge on any atom is 0.407 e. The number of hydrogen-bond acceptors (Lipinski definition) is 6. The Morgan fingerprint density at radius 3 is 2.42 bits per heavy atom. The number of aliphatic hydroxyl groups is 1. The van der Waals surface area contributed by atoms with Gasteiger partial charge in [-0.15, -0.1) is 0 Å². The molecule has 0 aromatic heterocycles. The third kappa shape index (κ3) is 7.16. The van der Waals surface area contributed by atoms with E-state index in [1.54, 1.807) is 20.8 Å². The molecule has 0 heterocycles. The summed E-state index contributed by atoms with van der Waals surface area (Å²) in [4.78, 5) is 34.7. The van der Waals surface area contributed by atoms with Crippen LogP contribution >= 0.6 is 0 Å². The Hall–Kier alpha value is -1.83. The highest BCUT2D eigenvalue weighted by Crippen LogP contribution is 2.31. The highest BCUT2D eigenvalue weighted by atomic mass is 16.6. The van der Waals surface area contributed by atoms with Gasteiger partial charge in [-0.1, -0.05) is 0 Å². The van der Waals surface area contributed by atoms with Gasteiger partial charge in [-0.2, -0.15) is 0 Å². The number of amides is 2. The van der Waals surface area contributed by atoms with E-state index < -0.39 is 17.8 Å². The van der Waals surface area contributed by atoms with Crippen LogP contribution in [0.4, 0.5) is 4.79 Å². The Balaban J connectivity index is 2.22. The molecule has 3 N–H and O–H groups in total. The van der Waals surface area contributed by atoms with Crippen molar-refractivity contribution in [3.8, 4) is 0 Å². The van der Waals surface area contributed by atoms with Crippen LogP contribution in [0, 0.1) is 11.8 Å². The van der Waals surface area contributed by atoms with E-state index in [9.17, 15) is 19.5 Å². The molecule has 0 spiro atoms. The van der Waals surface area contributed by atoms with E-state index in [2.05, 4.69) is 15.4 Å². The van der Waals surface area contributed by atoms with Crippen molar-refractivity contribution in [2.45, 2.75) is 51.7 Å². The second-order valence-electron chi connectivity index (χ2n) is 7.00. The molecule has 1 aliphatic carbocycles. The van der Waals surface area contributed by atoms with Gasteiger partial charge in [0.15, 0.2) is 0 Å². The monoisotopic (exact) mass is 344 g/mol. The summed E-state index contributed by atoms with van der Waals surface area (Å²) in [6.45, 7) is 5.73. The predicted molar refractivity (Wildman–Crippen MR) is 86.1 cm³/mol. The number of esters is 1. The van der Waals surface area contributed by atoms with Crippen molar-refractivity contribution in [3.05, 3.63) is 0 Å². The predicted octanol–water partition coefficient (Wildman–Crippen LogP) is 0.578. The lowest BCUT2D eigenvalue weighted by Gasteiger charge is -2.19. The number of rotatable bonds is 6. The van der Waals surface area contributed by atoms with Crippen LogP contribution in [-0.2, 0) is 19.1 Å². The Bertz CT molecular complexity index is 460. The summed E-state index contributed by atoms with van der Waals surface area (Å²) < 4.78 is 9.74. The van der Waals surface area contributed by atoms with Gasteiger partial charge >= 0.3 is 12.1 Å². The largest absolute Gasteiger partial charge is 0.469 e. The van der Waals surface area contributed by atoms with Gasteiger partial charge in [0.05, 0.1) is 19.1 Å². The average molecular weight is 344 g/mol. The van der Waals surface area contributed by atoms with Crippen molar-refractivity contribution < 1.29 is 29.0 Å². The number of aliphatic hydroxyl groups excluding tert-OH is 1. The molecule has 1 fully saturated rings. The van der Waals surface area contributed by atoms with E-state index in [1.807, 2.05) is 0 Å². The molecule has 138 valence electrons. The van der Waals surface area contributed by atoms with Crippen LogP contribution in [0.1, 0.15) is 40.0 Å². The number of hydrogen-bond donors (Lipinski definition) is 3. The molecule has 1 unspecified atom stereocenters. The first kappa shape index (κ1) is 20.2. The van der Waals surface area contributed by atoms with Crippen LogP contribution in [0.25, 0.3) is 0 Å². The van der Waals surface area contributed by atoms with Crippen LogP contribution in [0.2, 0.25) is 0 Å². The lowest BCUT2D eigenvalue weighted by atomic mass is 10.0. The summed E-state index contributed by atoms with van der Waals surface area (Å²) in [5.41, 5.74) is -0.582. The average Bonchev–Trinajstić information content (AvgIpc) is 2.83. The van der Waals surface area contributed by atoms with Crippen molar-refractivity contribution in [2.24, 2.45) is 11.8 Å². The van der Waals surface area contributed by atoms with E-state index in [1.165, 1.54) is 7.11 Å². The molecule has 0 aromatic carbocycles. The summed E-state index contributed by atoms with van der Waals surface area (Å²) in [6.07, 6.45) is -0.239. The van der Waals surface area contributed by atoms with Crippen molar-refractivity contribution in [1.82, 2.24) is 10.6 Å². The minimum absolute atomic E-state index is 0.114. The maximum atomic E-state index is 11.8. The minimum atomic E-state index is -0.630. The van der Waals surface area contributed by atoms with Crippen molar-refractivity contribution in [1.29, 1.82) is 0 Å². The lowest BCUT2D eigenvalue weighted by Crippen LogP contribution is -2.37. The van der Waals surface area contributed by atoms with Crippen LogP contribution < -0.4 is 10.6 Å². The van der Waals surface area contributed by atoms with Gasteiger partial charge < -0.3 is 25.2 Å². The molecule has 1 saturated carbocycles. The second-order valence-corrected chi connectivity index (χ2v) is 7.00. The quantitative estimate of drug-likeness (QED) is 0.607. The smallest absolute Gasteiger partial charge is 0.407 e. The third-order valence-corrected chi connectivity index (χ3v) is 3.77. The second kappa shape index (κ2) is 8.86. The number of methoxy groups -OCH3 is 1. The molecule has 24 heavy (non-hydrogen) atoms. The summed E-state index contributed by atoms with van der Waals surface area (Å²) in [6, 6.07) is 0. The molecule has 1 aliphatic rings. The van der Waals surface area contributed by atoms with Gasteiger partial charge in [-0.25, -0.2) is 4.79 Å². The zero-order valence-corrected chi connectivity index (χ0v) is 14.8. The molecular weight excluding hydrogens is 316 g/mol. The SMILES string of the molecule is COC(=O)C1C[C@H](CNC(=O)CCNC(=O)OC(C)(C)C)[C@H](O)C1. The topological polar surface area (TPSA) is 114 Å². The van der Waals surface area contributed by atoms with E-state index in [0.717, 1.165) is 0 Å². The number of nitrogens with one attached hydrogen (secondary N) is 2. The molecule has 3 atom stereocenters. The van der Waals surface area contributed by atoms with Gasteiger partial charge in [0.25, 0.3) is 0 Å². The normalized spacial score (nSPS) is 23.5. The molecule has 8 heteroatoms. The fourth-order valence-electron chi connectivity index (χ4n) is 2.61. The molecule has 0 aliphatic heterocycles. The van der Waals surface area contributed by atoms with Crippen LogP contribution in [0.15, 0.2) is 0 Å². The molecule has 8 nitrogen and oxygen atoms in total. The number of alkyl carbamates (subject to hydrolysis) is 1. The first-order valence-electron chi connectivity index (χ1n) is 8.12. The van der Waals surface area contributed by atoms with Gasteiger partial charge in [0.1, 0.15) is 5.60 Å². The Morgan fingerprint density at radius 2 is 1.83 bits per heavy atom. The summed E-state index contributed by atoms with van der Waals surface area (Å²) in [5, 5.41) is 15.2. The van der Waals surface area contributed by atoms with Crippen molar-refractivity contribution in [2.75, 3.05) is 20.2 Å². The van der Waals surface area contributed by atoms with Gasteiger partial charge in [0.2, 0.25) is 5.91 Å². The third-order valence-electron chi connectivity index (χ3n) is 3.77. The fourth-order valence-corrected chi connectivity index (χ4v) is 2.61. The molecule has 0 saturated heterocycles. The van der Waals surface area contributed by atoms with Gasteiger partial charge in [-0.3, -0.25) is 9.59 Å². The van der Waals surface area contributed by atoms with Crippen LogP contribution in [0.3, 0.4) is 0 Å². The zero-order chi connectivity index (χ0) is 18.3. The molecule has 2 amide bonds. The highest BCUT2D eigenvalue weighted by Gasteiger charge is 2.37. The van der Waals surface area contributed by atoms with Crippen LogP contribution in [-0.4, -0.2) is 55.0 Å². The van der Waals surface area contributed by atoms with Gasteiger partial charge in [-0.05, 0) is 33.6 Å². The minimum Gasteiger partial charge on any atom is -0.469 e. The lowest BCUT2D eigenvalue weighted by molar-refractivity contribution is -0.145. The maximum absolute atomic E-state index is 11.8. The van der Waals surface area contributed by atoms with E-state index in [4.69, 9.17) is 4.74 Å². The van der Waals surface area contributed by atoms with Crippen molar-refractivity contribution in [3.63, 3.8) is 0 Å². The Labute approximate surface area is 142 Å². The molecular formula is C16H28N2O6. The zero-order valence-electron chi connectivity index (χ0n) is 14.8. The van der Waals surface area contributed by atoms with Crippen molar-refractivity contribution >= 4 is 18.0 Å². The first-order chi connectivity index (χ1) is 11.1. The fraction of sp³-hybridized carbons (Fsp3) is 0.812. The van der Waals surface area contributed by atoms with E-state index in [-0.39, 0.29) is 36.7 Å². The van der Waals surface area contributed by atoms with Gasteiger partial charge in [0, 0.05) is 25.4 Å². The molecule has 0 aromatic rings. The first-order valence-corrected chi connectivity index (χ1v) is 8.12. The summed E-state index contributed by atoms with van der Waals surface area (Å²) in [7, 11) is 1.32. The number of ether oxygens (including phenoxy) is 2. The molecule has 1 rings (SSSR count). The standard InChI is InChI=1S/C16H28N2O6/c1-16(2,3)24-15(22)17-6-5-13(20)18-9-11-7-10(8-12(11)19)14(21)23-4/h10-12,19H,5-9H2,1-4H3,(H,17,22)(H,18,20)/t10?,11-,12-/m1/s1. The van der Waals surface area contributed by atoms with E-state index >= 15 is 0 Å². The summed E-state index contributed by atoms with van der Waals surface area (Å²) in [5.74, 6) is -1.05. The van der Waals surface area contributed by atoms with Crippen LogP contribution in [0.5, 0.6) is 0 Å². The highest BCUT2D eigenvalue weighted by molar-refractivity contribution is 5.77.